The van der Waals surface area contributed by atoms with Crippen LogP contribution in [0, 0.1) is 6.92 Å². The van der Waals surface area contributed by atoms with Crippen molar-refractivity contribution in [1.29, 1.82) is 0 Å². The van der Waals surface area contributed by atoms with Crippen molar-refractivity contribution < 1.29 is 22.4 Å². The number of amidine groups is 1. The first-order valence-electron chi connectivity index (χ1n) is 8.12. The molecule has 2 aromatic carbocycles. The minimum atomic E-state index is -4.53. The van der Waals surface area contributed by atoms with Gasteiger partial charge in [-0.05, 0) is 47.7 Å². The Morgan fingerprint density at radius 3 is 2.79 bits per heavy atom. The maximum absolute atomic E-state index is 13.1. The van der Waals surface area contributed by atoms with Gasteiger partial charge in [-0.15, -0.1) is 0 Å². The van der Waals surface area contributed by atoms with Gasteiger partial charge in [0.1, 0.15) is 5.52 Å². The molecule has 0 aliphatic carbocycles. The average molecular weight is 403 g/mol. The van der Waals surface area contributed by atoms with Crippen LogP contribution in [0.1, 0.15) is 17.0 Å². The second kappa shape index (κ2) is 6.83. The number of alkyl halides is 3. The van der Waals surface area contributed by atoms with Crippen LogP contribution in [-0.4, -0.2) is 16.1 Å². The van der Waals surface area contributed by atoms with Gasteiger partial charge in [-0.25, -0.2) is 9.98 Å². The lowest BCUT2D eigenvalue weighted by Gasteiger charge is -2.09. The highest BCUT2D eigenvalue weighted by Gasteiger charge is 2.34. The number of nitrogens with one attached hydrogen (secondary N) is 1. The Morgan fingerprint density at radius 1 is 1.21 bits per heavy atom. The van der Waals surface area contributed by atoms with Gasteiger partial charge < -0.3 is 9.73 Å². The highest BCUT2D eigenvalue weighted by molar-refractivity contribution is 8.18. The molecule has 0 unspecified atom stereocenters. The molecule has 0 atom stereocenters. The summed E-state index contributed by atoms with van der Waals surface area (Å²) in [7, 11) is 0. The zero-order valence-electron chi connectivity index (χ0n) is 14.4. The van der Waals surface area contributed by atoms with Crippen LogP contribution in [0.3, 0.4) is 0 Å². The van der Waals surface area contributed by atoms with Crippen molar-refractivity contribution in [3.05, 3.63) is 64.4 Å². The van der Waals surface area contributed by atoms with Gasteiger partial charge in [0, 0.05) is 6.92 Å². The minimum Gasteiger partial charge on any atom is -0.441 e. The molecular formula is C19H12F3N3O2S. The zero-order chi connectivity index (χ0) is 19.9. The number of aromatic nitrogens is 1. The summed E-state index contributed by atoms with van der Waals surface area (Å²) in [5.41, 5.74) is 0.884. The van der Waals surface area contributed by atoms with E-state index in [9.17, 15) is 18.0 Å². The molecule has 3 aromatic rings. The zero-order valence-corrected chi connectivity index (χ0v) is 15.2. The van der Waals surface area contributed by atoms with Crippen LogP contribution < -0.4 is 5.32 Å². The number of hydrogen-bond acceptors (Lipinski definition) is 5. The third kappa shape index (κ3) is 3.65. The molecule has 1 amide bonds. The molecule has 1 saturated heterocycles. The number of benzene rings is 2. The minimum absolute atomic E-state index is 0.0875. The molecule has 1 aromatic heterocycles. The number of para-hydroxylation sites is 1. The second-order valence-electron chi connectivity index (χ2n) is 5.96. The lowest BCUT2D eigenvalue weighted by molar-refractivity contribution is -0.137. The average Bonchev–Trinajstić information content (AvgIpc) is 3.15. The molecule has 9 heteroatoms. The number of rotatable bonds is 2. The number of carbonyl (C=O) groups excluding carboxylic acids is 1. The van der Waals surface area contributed by atoms with Crippen molar-refractivity contribution in [3.8, 4) is 0 Å². The topological polar surface area (TPSA) is 67.5 Å². The van der Waals surface area contributed by atoms with E-state index in [1.165, 1.54) is 18.2 Å². The summed E-state index contributed by atoms with van der Waals surface area (Å²) in [6.07, 6.45) is -2.91. The molecule has 142 valence electrons. The number of fused-ring (bicyclic) bond motifs is 1. The van der Waals surface area contributed by atoms with E-state index in [2.05, 4.69) is 15.3 Å². The third-order valence-electron chi connectivity index (χ3n) is 3.90. The number of aryl methyl sites for hydroxylation is 1. The van der Waals surface area contributed by atoms with E-state index in [0.717, 1.165) is 17.8 Å². The van der Waals surface area contributed by atoms with Crippen LogP contribution in [0.15, 0.2) is 56.8 Å². The van der Waals surface area contributed by atoms with Crippen molar-refractivity contribution in [1.82, 2.24) is 10.3 Å². The number of oxazole rings is 1. The predicted octanol–water partition coefficient (Wildman–Crippen LogP) is 5.05. The number of nitrogens with zero attached hydrogens (tertiary/aromatic N) is 2. The molecule has 0 radical (unpaired) electrons. The van der Waals surface area contributed by atoms with E-state index < -0.39 is 17.6 Å². The molecular weight excluding hydrogens is 391 g/mol. The van der Waals surface area contributed by atoms with Crippen molar-refractivity contribution in [2.45, 2.75) is 13.1 Å². The molecule has 1 aliphatic rings. The summed E-state index contributed by atoms with van der Waals surface area (Å²) in [4.78, 5) is 20.7. The van der Waals surface area contributed by atoms with Gasteiger partial charge in [-0.1, -0.05) is 18.2 Å². The summed E-state index contributed by atoms with van der Waals surface area (Å²) in [5.74, 6) is 0.104. The summed E-state index contributed by atoms with van der Waals surface area (Å²) >= 11 is 0.975. The van der Waals surface area contributed by atoms with Gasteiger partial charge in [0.25, 0.3) is 5.91 Å². The molecule has 0 saturated carbocycles. The monoisotopic (exact) mass is 403 g/mol. The quantitative estimate of drug-likeness (QED) is 0.609. The molecule has 0 bridgehead atoms. The summed E-state index contributed by atoms with van der Waals surface area (Å²) in [5, 5.41) is 2.58. The van der Waals surface area contributed by atoms with Gasteiger partial charge >= 0.3 is 6.18 Å². The van der Waals surface area contributed by atoms with E-state index >= 15 is 0 Å². The second-order valence-corrected chi connectivity index (χ2v) is 6.99. The first-order valence-corrected chi connectivity index (χ1v) is 8.94. The highest BCUT2D eigenvalue weighted by atomic mass is 32.2. The summed E-state index contributed by atoms with van der Waals surface area (Å²) in [6, 6.07) is 10.2. The Kier molecular flexibility index (Phi) is 4.46. The van der Waals surface area contributed by atoms with E-state index in [1.807, 2.05) is 0 Å². The number of thioether (sulfide) groups is 1. The number of hydrogen-bond donors (Lipinski definition) is 1. The van der Waals surface area contributed by atoms with Crippen LogP contribution >= 0.6 is 11.8 Å². The first-order chi connectivity index (χ1) is 13.3. The van der Waals surface area contributed by atoms with Crippen LogP contribution in [0.25, 0.3) is 17.2 Å². The number of halogens is 3. The Balaban J connectivity index is 1.63. The summed E-state index contributed by atoms with van der Waals surface area (Å²) in [6.45, 7) is 1.74. The van der Waals surface area contributed by atoms with Gasteiger partial charge in [0.2, 0.25) is 0 Å². The number of amides is 1. The van der Waals surface area contributed by atoms with E-state index in [-0.39, 0.29) is 10.9 Å². The maximum Gasteiger partial charge on any atom is 0.418 e. The maximum atomic E-state index is 13.1. The van der Waals surface area contributed by atoms with Gasteiger partial charge in [0.05, 0.1) is 16.2 Å². The number of carbonyl (C=O) groups is 1. The molecule has 2 heterocycles. The van der Waals surface area contributed by atoms with Crippen molar-refractivity contribution >= 4 is 45.7 Å². The molecule has 4 rings (SSSR count). The first kappa shape index (κ1) is 18.3. The van der Waals surface area contributed by atoms with Gasteiger partial charge in [-0.2, -0.15) is 13.2 Å². The molecule has 0 spiro atoms. The Labute approximate surface area is 161 Å². The van der Waals surface area contributed by atoms with Gasteiger partial charge in [0.15, 0.2) is 16.6 Å². The Hall–Kier alpha value is -3.07. The van der Waals surface area contributed by atoms with E-state index in [1.54, 1.807) is 31.2 Å². The van der Waals surface area contributed by atoms with Crippen LogP contribution in [-0.2, 0) is 11.0 Å². The molecule has 5 nitrogen and oxygen atoms in total. The normalized spacial score (nSPS) is 17.6. The molecule has 1 fully saturated rings. The SMILES string of the molecule is Cc1nc2ccc(/C=C3\SC(=Nc4ccccc4C(F)(F)F)NC3=O)cc2o1. The predicted molar refractivity (Wildman–Crippen MR) is 101 cm³/mol. The van der Waals surface area contributed by atoms with Crippen LogP contribution in [0.2, 0.25) is 0 Å². The molecule has 1 aliphatic heterocycles. The highest BCUT2D eigenvalue weighted by Crippen LogP contribution is 2.37. The number of aliphatic imine (C=N–C) groups is 1. The van der Waals surface area contributed by atoms with Crippen LogP contribution in [0.5, 0.6) is 0 Å². The van der Waals surface area contributed by atoms with Crippen molar-refractivity contribution in [2.75, 3.05) is 0 Å². The fraction of sp³-hybridized carbons (Fsp3) is 0.105. The third-order valence-corrected chi connectivity index (χ3v) is 4.81. The van der Waals surface area contributed by atoms with E-state index in [0.29, 0.717) is 27.5 Å². The fourth-order valence-corrected chi connectivity index (χ4v) is 3.53. The van der Waals surface area contributed by atoms with Crippen molar-refractivity contribution in [3.63, 3.8) is 0 Å². The molecule has 28 heavy (non-hydrogen) atoms. The Morgan fingerprint density at radius 2 is 2.00 bits per heavy atom. The van der Waals surface area contributed by atoms with Crippen molar-refractivity contribution in [2.24, 2.45) is 4.99 Å². The standard InChI is InChI=1S/C19H12F3N3O2S/c1-10-23-14-7-6-11(8-15(14)27-10)9-16-17(26)25-18(28-16)24-13-5-3-2-4-12(13)19(20,21)22/h2-9H,1H3,(H,24,25,26)/b16-9-. The fourth-order valence-electron chi connectivity index (χ4n) is 2.70. The van der Waals surface area contributed by atoms with Crippen LogP contribution in [0.4, 0.5) is 18.9 Å². The molecule has 1 N–H and O–H groups in total. The lowest BCUT2D eigenvalue weighted by Crippen LogP contribution is -2.19. The summed E-state index contributed by atoms with van der Waals surface area (Å²) < 4.78 is 44.8. The van der Waals surface area contributed by atoms with Gasteiger partial charge in [-0.3, -0.25) is 4.79 Å². The van der Waals surface area contributed by atoms with E-state index in [4.69, 9.17) is 4.42 Å². The largest absolute Gasteiger partial charge is 0.441 e. The lowest BCUT2D eigenvalue weighted by atomic mass is 10.2. The smallest absolute Gasteiger partial charge is 0.418 e. The Bertz CT molecular complexity index is 1150.